The number of anilines is 1. The minimum Gasteiger partial charge on any atom is -0.385 e. The van der Waals surface area contributed by atoms with E-state index in [0.29, 0.717) is 35.7 Å². The third kappa shape index (κ3) is 4.88. The van der Waals surface area contributed by atoms with E-state index in [2.05, 4.69) is 21.2 Å². The minimum absolute atomic E-state index is 0.00830. The topological polar surface area (TPSA) is 140 Å². The third-order valence-electron chi connectivity index (χ3n) is 8.02. The lowest BCUT2D eigenvalue weighted by molar-refractivity contribution is -0.122. The molecule has 3 aliphatic rings. The number of aldehydes is 1. The van der Waals surface area contributed by atoms with E-state index in [9.17, 15) is 19.2 Å². The number of carbonyl (C=O) groups excluding carboxylic acids is 4. The van der Waals surface area contributed by atoms with Crippen molar-refractivity contribution >= 4 is 41.3 Å². The van der Waals surface area contributed by atoms with Crippen LogP contribution in [0.3, 0.4) is 0 Å². The van der Waals surface area contributed by atoms with Crippen molar-refractivity contribution in [1.29, 1.82) is 0 Å². The lowest BCUT2D eigenvalue weighted by atomic mass is 9.80. The van der Waals surface area contributed by atoms with E-state index < -0.39 is 23.8 Å². The standard InChI is InChI=1S/C29H29ClN6O4/c30-18-5-8-24(33-14-18)23-15-35(34-26(23)17-3-4-17)20-10-16(11-20)13-32-19-6-7-21-22(12-19)29(40)36(28(21)39)25(27(31)38)2-1-9-37/h5-9,12,14-17,20,25,32H,1-4,10-11,13H2,(H2,31,38). The first-order chi connectivity index (χ1) is 19.3. The van der Waals surface area contributed by atoms with E-state index in [4.69, 9.17) is 22.4 Å². The van der Waals surface area contributed by atoms with Gasteiger partial charge in [-0.2, -0.15) is 5.10 Å². The molecule has 1 unspecified atom stereocenters. The van der Waals surface area contributed by atoms with Gasteiger partial charge in [-0.05, 0) is 68.4 Å². The Morgan fingerprint density at radius 2 is 1.90 bits per heavy atom. The maximum atomic E-state index is 13.0. The highest BCUT2D eigenvalue weighted by Gasteiger charge is 2.42. The minimum atomic E-state index is -1.15. The Balaban J connectivity index is 1.08. The molecule has 2 aliphatic carbocycles. The molecule has 0 saturated heterocycles. The highest BCUT2D eigenvalue weighted by atomic mass is 35.5. The summed E-state index contributed by atoms with van der Waals surface area (Å²) in [5, 5.41) is 8.95. The maximum Gasteiger partial charge on any atom is 0.262 e. The normalized spacial score (nSPS) is 20.7. The zero-order valence-electron chi connectivity index (χ0n) is 21.8. The van der Waals surface area contributed by atoms with Crippen molar-refractivity contribution in [2.45, 2.75) is 56.5 Å². The number of benzene rings is 1. The molecule has 1 atom stereocenters. The van der Waals surface area contributed by atoms with Crippen LogP contribution < -0.4 is 11.1 Å². The molecule has 3 heterocycles. The summed E-state index contributed by atoms with van der Waals surface area (Å²) >= 11 is 6.03. The van der Waals surface area contributed by atoms with Crippen LogP contribution >= 0.6 is 11.6 Å². The molecule has 206 valence electrons. The predicted molar refractivity (Wildman–Crippen MR) is 148 cm³/mol. The van der Waals surface area contributed by atoms with Gasteiger partial charge >= 0.3 is 0 Å². The molecule has 3 amide bonds. The van der Waals surface area contributed by atoms with Gasteiger partial charge in [-0.1, -0.05) is 11.6 Å². The fourth-order valence-electron chi connectivity index (χ4n) is 5.61. The van der Waals surface area contributed by atoms with Crippen LogP contribution in [-0.4, -0.2) is 56.3 Å². The van der Waals surface area contributed by atoms with Gasteiger partial charge in [-0.25, -0.2) is 0 Å². The Bertz CT molecular complexity index is 1490. The average Bonchev–Trinajstić information content (AvgIpc) is 3.63. The summed E-state index contributed by atoms with van der Waals surface area (Å²) in [4.78, 5) is 54.0. The van der Waals surface area contributed by atoms with Crippen LogP contribution in [0.2, 0.25) is 5.02 Å². The summed E-state index contributed by atoms with van der Waals surface area (Å²) in [6.07, 6.45) is 8.70. The summed E-state index contributed by atoms with van der Waals surface area (Å²) in [6.45, 7) is 0.715. The Morgan fingerprint density at radius 1 is 1.12 bits per heavy atom. The van der Waals surface area contributed by atoms with Gasteiger partial charge < -0.3 is 15.8 Å². The van der Waals surface area contributed by atoms with Crippen LogP contribution in [0.4, 0.5) is 5.69 Å². The number of fused-ring (bicyclic) bond motifs is 1. The van der Waals surface area contributed by atoms with E-state index in [1.807, 2.05) is 12.1 Å². The number of nitrogens with one attached hydrogen (secondary N) is 1. The lowest BCUT2D eigenvalue weighted by Gasteiger charge is -2.35. The van der Waals surface area contributed by atoms with Gasteiger partial charge in [-0.3, -0.25) is 28.9 Å². The number of primary amides is 1. The molecule has 6 rings (SSSR count). The van der Waals surface area contributed by atoms with Gasteiger partial charge in [0.05, 0.1) is 33.6 Å². The van der Waals surface area contributed by atoms with Gasteiger partial charge in [0.15, 0.2) is 0 Å². The predicted octanol–water partition coefficient (Wildman–Crippen LogP) is 3.97. The molecule has 1 aliphatic heterocycles. The number of hydrogen-bond donors (Lipinski definition) is 2. The molecule has 0 radical (unpaired) electrons. The van der Waals surface area contributed by atoms with Crippen LogP contribution in [-0.2, 0) is 9.59 Å². The smallest absolute Gasteiger partial charge is 0.262 e. The van der Waals surface area contributed by atoms with Crippen molar-refractivity contribution in [3.63, 3.8) is 0 Å². The highest BCUT2D eigenvalue weighted by molar-refractivity contribution is 6.30. The van der Waals surface area contributed by atoms with Gasteiger partial charge in [0.25, 0.3) is 11.8 Å². The Morgan fingerprint density at radius 3 is 2.58 bits per heavy atom. The molecule has 3 aromatic rings. The number of nitrogens with zero attached hydrogens (tertiary/aromatic N) is 4. The summed E-state index contributed by atoms with van der Waals surface area (Å²) in [5.74, 6) is -1.02. The summed E-state index contributed by atoms with van der Waals surface area (Å²) in [6, 6.07) is 7.95. The van der Waals surface area contributed by atoms with Gasteiger partial charge in [0, 0.05) is 42.5 Å². The fourth-order valence-corrected chi connectivity index (χ4v) is 5.72. The molecular formula is C29H29ClN6O4. The molecular weight excluding hydrogens is 532 g/mol. The van der Waals surface area contributed by atoms with E-state index in [-0.39, 0.29) is 24.0 Å². The first-order valence-corrected chi connectivity index (χ1v) is 13.9. The highest BCUT2D eigenvalue weighted by Crippen LogP contribution is 2.45. The van der Waals surface area contributed by atoms with Crippen molar-refractivity contribution in [3.05, 3.63) is 64.6 Å². The molecule has 3 N–H and O–H groups in total. The quantitative estimate of drug-likeness (QED) is 0.267. The second-order valence-electron chi connectivity index (χ2n) is 10.8. The van der Waals surface area contributed by atoms with Gasteiger partial charge in [0.1, 0.15) is 12.3 Å². The number of pyridine rings is 1. The van der Waals surface area contributed by atoms with Gasteiger partial charge in [-0.15, -0.1) is 0 Å². The van der Waals surface area contributed by atoms with Crippen LogP contribution in [0.1, 0.15) is 76.9 Å². The van der Waals surface area contributed by atoms with E-state index in [1.54, 1.807) is 24.4 Å². The second-order valence-corrected chi connectivity index (χ2v) is 11.3. The average molecular weight is 561 g/mol. The van der Waals surface area contributed by atoms with Gasteiger partial charge in [0.2, 0.25) is 5.91 Å². The van der Waals surface area contributed by atoms with Crippen LogP contribution in [0, 0.1) is 5.92 Å². The number of hydrogen-bond acceptors (Lipinski definition) is 7. The van der Waals surface area contributed by atoms with Crippen LogP contribution in [0.15, 0.2) is 42.7 Å². The number of carbonyl (C=O) groups is 4. The molecule has 0 bridgehead atoms. The number of amides is 3. The largest absolute Gasteiger partial charge is 0.385 e. The number of nitrogens with two attached hydrogens (primary N) is 1. The molecule has 0 spiro atoms. The van der Waals surface area contributed by atoms with E-state index in [1.165, 1.54) is 0 Å². The van der Waals surface area contributed by atoms with Crippen molar-refractivity contribution in [2.75, 3.05) is 11.9 Å². The molecule has 40 heavy (non-hydrogen) atoms. The van der Waals surface area contributed by atoms with Crippen molar-refractivity contribution in [1.82, 2.24) is 19.7 Å². The number of halogens is 1. The first kappa shape index (κ1) is 26.2. The van der Waals surface area contributed by atoms with E-state index >= 15 is 0 Å². The summed E-state index contributed by atoms with van der Waals surface area (Å²) in [5.41, 5.74) is 9.71. The monoisotopic (exact) mass is 560 g/mol. The molecule has 11 heteroatoms. The van der Waals surface area contributed by atoms with Crippen LogP contribution in [0.25, 0.3) is 11.3 Å². The zero-order chi connectivity index (χ0) is 28.0. The third-order valence-corrected chi connectivity index (χ3v) is 8.25. The first-order valence-electron chi connectivity index (χ1n) is 13.5. The zero-order valence-corrected chi connectivity index (χ0v) is 22.5. The van der Waals surface area contributed by atoms with Crippen molar-refractivity contribution in [3.8, 4) is 11.3 Å². The second kappa shape index (κ2) is 10.5. The summed E-state index contributed by atoms with van der Waals surface area (Å²) in [7, 11) is 0. The number of aromatic nitrogens is 3. The molecule has 2 fully saturated rings. The number of rotatable bonds is 11. The summed E-state index contributed by atoms with van der Waals surface area (Å²) < 4.78 is 2.09. The Hall–Kier alpha value is -4.05. The van der Waals surface area contributed by atoms with Crippen molar-refractivity contribution < 1.29 is 19.2 Å². The SMILES string of the molecule is NC(=O)C(CCC=O)N1C(=O)c2ccc(NCC3CC(n4cc(-c5ccc(Cl)cn5)c(C5CC5)n4)C3)cc2C1=O. The maximum absolute atomic E-state index is 13.0. The Labute approximate surface area is 235 Å². The lowest BCUT2D eigenvalue weighted by Crippen LogP contribution is -2.47. The van der Waals surface area contributed by atoms with Crippen molar-refractivity contribution in [2.24, 2.45) is 11.7 Å². The molecule has 2 saturated carbocycles. The number of imide groups is 1. The molecule has 10 nitrogen and oxygen atoms in total. The fraction of sp³-hybridized carbons (Fsp3) is 0.379. The Kier molecular flexibility index (Phi) is 6.87. The molecule has 1 aromatic carbocycles. The van der Waals surface area contributed by atoms with Crippen LogP contribution in [0.5, 0.6) is 0 Å². The van der Waals surface area contributed by atoms with E-state index in [0.717, 1.165) is 53.2 Å². The molecule has 2 aromatic heterocycles.